The van der Waals surface area contributed by atoms with Crippen LogP contribution in [-0.2, 0) is 65.4 Å². The van der Waals surface area contributed by atoms with E-state index in [2.05, 4.69) is 41.5 Å². The molecule has 0 saturated heterocycles. The van der Waals surface area contributed by atoms with Crippen LogP contribution in [0.2, 0.25) is 0 Å². The number of esters is 4. The van der Waals surface area contributed by atoms with Crippen molar-refractivity contribution in [2.24, 2.45) is 11.8 Å². The SMILES string of the molecule is CCCCCCCCCCCCCCCCCCCCCCC(=O)O[C@H](COC(=O)CCCCCCCCCCCCCCCCC(C)C)COP(=O)(O)OC[C@@H](O)COP(=O)(O)OC[C@@H](COC(=O)CCCCCCCCCCCC)OC(=O)CCCCCCCCCCCCC(C)CC. The summed E-state index contributed by atoms with van der Waals surface area (Å²) in [6, 6.07) is 0. The van der Waals surface area contributed by atoms with Gasteiger partial charge in [-0.05, 0) is 37.5 Å². The Labute approximate surface area is 619 Å². The van der Waals surface area contributed by atoms with Crippen LogP contribution in [0, 0.1) is 11.8 Å². The van der Waals surface area contributed by atoms with Crippen molar-refractivity contribution in [2.45, 2.75) is 452 Å². The number of hydrogen-bond donors (Lipinski definition) is 3. The van der Waals surface area contributed by atoms with E-state index in [1.807, 2.05) is 0 Å². The molecule has 0 fully saturated rings. The van der Waals surface area contributed by atoms with Gasteiger partial charge in [-0.15, -0.1) is 0 Å². The Hall–Kier alpha value is -1.94. The summed E-state index contributed by atoms with van der Waals surface area (Å²) in [7, 11) is -9.92. The van der Waals surface area contributed by atoms with Gasteiger partial charge < -0.3 is 33.8 Å². The zero-order valence-electron chi connectivity index (χ0n) is 66.2. The highest BCUT2D eigenvalue weighted by Gasteiger charge is 2.30. The predicted octanol–water partition coefficient (Wildman–Crippen LogP) is 24.7. The molecular formula is C82H160O17P2. The Balaban J connectivity index is 5.23. The van der Waals surface area contributed by atoms with Gasteiger partial charge in [-0.1, -0.05) is 382 Å². The van der Waals surface area contributed by atoms with E-state index >= 15 is 0 Å². The topological polar surface area (TPSA) is 237 Å². The summed E-state index contributed by atoms with van der Waals surface area (Å²) in [6.07, 6.45) is 63.7. The molecule has 0 amide bonds. The fraction of sp³-hybridized carbons (Fsp3) is 0.951. The average molecular weight is 1480 g/mol. The van der Waals surface area contributed by atoms with Crippen molar-refractivity contribution in [2.75, 3.05) is 39.6 Å². The lowest BCUT2D eigenvalue weighted by atomic mass is 9.99. The van der Waals surface area contributed by atoms with Crippen LogP contribution in [0.1, 0.15) is 433 Å². The monoisotopic (exact) mass is 1480 g/mol. The number of rotatable bonds is 81. The first-order valence-electron chi connectivity index (χ1n) is 42.5. The second-order valence-corrected chi connectivity index (χ2v) is 33.1. The first-order chi connectivity index (χ1) is 48.9. The van der Waals surface area contributed by atoms with Crippen LogP contribution in [0.15, 0.2) is 0 Å². The van der Waals surface area contributed by atoms with Gasteiger partial charge in [-0.2, -0.15) is 0 Å². The Morgan fingerprint density at radius 1 is 0.287 bits per heavy atom. The third kappa shape index (κ3) is 74.7. The Morgan fingerprint density at radius 2 is 0.505 bits per heavy atom. The van der Waals surface area contributed by atoms with Crippen LogP contribution in [0.25, 0.3) is 0 Å². The molecule has 19 heteroatoms. The van der Waals surface area contributed by atoms with Crippen molar-refractivity contribution >= 4 is 39.5 Å². The van der Waals surface area contributed by atoms with Gasteiger partial charge in [0.1, 0.15) is 19.3 Å². The second kappa shape index (κ2) is 73.6. The molecule has 0 aromatic heterocycles. The van der Waals surface area contributed by atoms with E-state index in [1.165, 1.54) is 250 Å². The highest BCUT2D eigenvalue weighted by molar-refractivity contribution is 7.47. The number of phosphoric ester groups is 2. The molecule has 0 spiro atoms. The van der Waals surface area contributed by atoms with Crippen molar-refractivity contribution in [3.05, 3.63) is 0 Å². The third-order valence-corrected chi connectivity index (χ3v) is 21.5. The van der Waals surface area contributed by atoms with Gasteiger partial charge in [0.25, 0.3) is 0 Å². The van der Waals surface area contributed by atoms with Gasteiger partial charge in [0, 0.05) is 25.7 Å². The number of carbonyl (C=O) groups excluding carboxylic acids is 4. The van der Waals surface area contributed by atoms with E-state index < -0.39 is 97.5 Å². The largest absolute Gasteiger partial charge is 0.472 e. The van der Waals surface area contributed by atoms with Gasteiger partial charge in [0.2, 0.25) is 0 Å². The summed E-state index contributed by atoms with van der Waals surface area (Å²) in [5.74, 6) is -0.505. The fourth-order valence-electron chi connectivity index (χ4n) is 12.7. The zero-order valence-corrected chi connectivity index (χ0v) is 68.0. The lowest BCUT2D eigenvalue weighted by Gasteiger charge is -2.21. The summed E-state index contributed by atoms with van der Waals surface area (Å²) < 4.78 is 68.7. The molecule has 0 rings (SSSR count). The van der Waals surface area contributed by atoms with Crippen LogP contribution in [-0.4, -0.2) is 96.7 Å². The van der Waals surface area contributed by atoms with Crippen molar-refractivity contribution in [1.82, 2.24) is 0 Å². The highest BCUT2D eigenvalue weighted by Crippen LogP contribution is 2.45. The summed E-state index contributed by atoms with van der Waals surface area (Å²) in [5, 5.41) is 10.6. The van der Waals surface area contributed by atoms with E-state index in [4.69, 9.17) is 37.0 Å². The molecular weight excluding hydrogens is 1320 g/mol. The normalized spacial score (nSPS) is 14.2. The molecule has 6 atom stereocenters. The van der Waals surface area contributed by atoms with Crippen molar-refractivity contribution < 1.29 is 80.2 Å². The number of ether oxygens (including phenoxy) is 4. The molecule has 101 heavy (non-hydrogen) atoms. The maximum atomic E-state index is 13.1. The molecule has 0 bridgehead atoms. The minimum atomic E-state index is -4.96. The Bertz CT molecular complexity index is 1940. The smallest absolute Gasteiger partial charge is 0.462 e. The molecule has 0 radical (unpaired) electrons. The van der Waals surface area contributed by atoms with Gasteiger partial charge >= 0.3 is 39.5 Å². The molecule has 0 aromatic carbocycles. The van der Waals surface area contributed by atoms with E-state index in [0.29, 0.717) is 25.7 Å². The standard InChI is InChI=1S/C82H160O17P2/c1-7-10-12-14-16-18-20-21-22-23-24-25-26-27-32-35-42-48-54-60-66-81(86)98-78(71-93-80(85)65-59-53-47-41-34-31-29-28-30-33-38-44-50-56-62-74(4)5)73-97-101(90,91)95-69-76(83)68-94-100(88,89)96-72-77(70-92-79(84)64-58-52-46-40-19-17-15-13-11-8-2)99-82(87)67-61-55-49-43-37-36-39-45-51-57-63-75(6)9-3/h74-78,83H,7-73H2,1-6H3,(H,88,89)(H,90,91)/t75?,76-,77+,78+/m0/s1. The first kappa shape index (κ1) is 99.1. The van der Waals surface area contributed by atoms with Crippen LogP contribution >= 0.6 is 15.6 Å². The summed E-state index contributed by atoms with van der Waals surface area (Å²) >= 11 is 0. The number of carbonyl (C=O) groups is 4. The lowest BCUT2D eigenvalue weighted by Crippen LogP contribution is -2.30. The maximum Gasteiger partial charge on any atom is 0.472 e. The number of phosphoric acid groups is 2. The fourth-order valence-corrected chi connectivity index (χ4v) is 14.3. The van der Waals surface area contributed by atoms with Gasteiger partial charge in [0.05, 0.1) is 26.4 Å². The highest BCUT2D eigenvalue weighted by atomic mass is 31.2. The minimum Gasteiger partial charge on any atom is -0.462 e. The minimum absolute atomic E-state index is 0.107. The second-order valence-electron chi connectivity index (χ2n) is 30.2. The molecule has 0 heterocycles. The van der Waals surface area contributed by atoms with Crippen molar-refractivity contribution in [3.63, 3.8) is 0 Å². The average Bonchev–Trinajstić information content (AvgIpc) is 1.21. The summed E-state index contributed by atoms with van der Waals surface area (Å²) in [6.45, 7) is 9.68. The quantitative estimate of drug-likeness (QED) is 0.0222. The van der Waals surface area contributed by atoms with Gasteiger partial charge in [-0.3, -0.25) is 37.3 Å². The molecule has 3 N–H and O–H groups in total. The molecule has 0 aliphatic carbocycles. The van der Waals surface area contributed by atoms with Gasteiger partial charge in [0.15, 0.2) is 12.2 Å². The Morgan fingerprint density at radius 3 is 0.752 bits per heavy atom. The lowest BCUT2D eigenvalue weighted by molar-refractivity contribution is -0.161. The summed E-state index contributed by atoms with van der Waals surface area (Å²) in [5.41, 5.74) is 0. The van der Waals surface area contributed by atoms with Crippen LogP contribution in [0.5, 0.6) is 0 Å². The predicted molar refractivity (Wildman–Crippen MR) is 414 cm³/mol. The number of aliphatic hydroxyl groups is 1. The number of hydrogen-bond acceptors (Lipinski definition) is 15. The van der Waals surface area contributed by atoms with Crippen LogP contribution in [0.3, 0.4) is 0 Å². The van der Waals surface area contributed by atoms with E-state index in [1.54, 1.807) is 0 Å². The van der Waals surface area contributed by atoms with Crippen molar-refractivity contribution in [3.8, 4) is 0 Å². The molecule has 0 aliphatic heterocycles. The molecule has 3 unspecified atom stereocenters. The summed E-state index contributed by atoms with van der Waals surface area (Å²) in [4.78, 5) is 73.0. The van der Waals surface area contributed by atoms with Crippen LogP contribution in [0.4, 0.5) is 0 Å². The van der Waals surface area contributed by atoms with Crippen LogP contribution < -0.4 is 0 Å². The van der Waals surface area contributed by atoms with E-state index in [-0.39, 0.29) is 25.7 Å². The molecule has 0 aromatic rings. The zero-order chi connectivity index (χ0) is 74.2. The number of unbranched alkanes of at least 4 members (excludes halogenated alkanes) is 50. The first-order valence-corrected chi connectivity index (χ1v) is 45.5. The third-order valence-electron chi connectivity index (χ3n) is 19.6. The van der Waals surface area contributed by atoms with Crippen molar-refractivity contribution in [1.29, 1.82) is 0 Å². The molecule has 600 valence electrons. The van der Waals surface area contributed by atoms with E-state index in [9.17, 15) is 43.2 Å². The Kier molecular flexibility index (Phi) is 72.2. The molecule has 17 nitrogen and oxygen atoms in total. The van der Waals surface area contributed by atoms with Gasteiger partial charge in [-0.25, -0.2) is 9.13 Å². The maximum absolute atomic E-state index is 13.1. The molecule has 0 saturated carbocycles. The molecule has 0 aliphatic rings. The van der Waals surface area contributed by atoms with E-state index in [0.717, 1.165) is 102 Å². The number of aliphatic hydroxyl groups excluding tert-OH is 1.